The maximum atomic E-state index is 14.8. The summed E-state index contributed by atoms with van der Waals surface area (Å²) in [6, 6.07) is 14.9. The highest BCUT2D eigenvalue weighted by molar-refractivity contribution is 6.46. The number of Topliss-reactive ketones (excluding diaryl/α,β-unsaturated/α-hetero) is 1. The van der Waals surface area contributed by atoms with Gasteiger partial charge in [0, 0.05) is 30.1 Å². The van der Waals surface area contributed by atoms with Gasteiger partial charge < -0.3 is 14.7 Å². The zero-order chi connectivity index (χ0) is 22.7. The first kappa shape index (κ1) is 21.2. The molecule has 1 saturated heterocycles. The molecular formula is C25H21FN2O4. The van der Waals surface area contributed by atoms with Crippen molar-refractivity contribution in [2.45, 2.75) is 19.5 Å². The molecule has 1 aliphatic heterocycles. The first-order valence-electron chi connectivity index (χ1n) is 10.2. The van der Waals surface area contributed by atoms with Gasteiger partial charge >= 0.3 is 0 Å². The molecule has 0 bridgehead atoms. The SMILES string of the molecule is CCOc1cccc(/C(O)=C2/C(=O)C(=O)N(Cc3cccnc3)C2c2ccccc2F)c1. The van der Waals surface area contributed by atoms with Gasteiger partial charge in [0.05, 0.1) is 18.2 Å². The molecule has 1 aromatic heterocycles. The Hall–Kier alpha value is -4.00. The van der Waals surface area contributed by atoms with Gasteiger partial charge in [-0.05, 0) is 36.8 Å². The Balaban J connectivity index is 1.87. The fraction of sp³-hybridized carbons (Fsp3) is 0.160. The van der Waals surface area contributed by atoms with Gasteiger partial charge in [-0.3, -0.25) is 14.6 Å². The van der Waals surface area contributed by atoms with Crippen molar-refractivity contribution in [1.82, 2.24) is 9.88 Å². The van der Waals surface area contributed by atoms with Gasteiger partial charge in [-0.25, -0.2) is 4.39 Å². The summed E-state index contributed by atoms with van der Waals surface area (Å²) in [6.45, 7) is 2.29. The maximum absolute atomic E-state index is 14.8. The third-order valence-electron chi connectivity index (χ3n) is 5.23. The number of benzene rings is 2. The predicted octanol–water partition coefficient (Wildman–Crippen LogP) is 4.24. The highest BCUT2D eigenvalue weighted by Gasteiger charge is 2.47. The minimum Gasteiger partial charge on any atom is -0.507 e. The van der Waals surface area contributed by atoms with E-state index in [1.54, 1.807) is 54.9 Å². The molecule has 1 aliphatic rings. The number of carbonyl (C=O) groups is 2. The molecule has 6 nitrogen and oxygen atoms in total. The third-order valence-corrected chi connectivity index (χ3v) is 5.23. The standard InChI is InChI=1S/C25H21FN2O4/c1-2-32-18-9-5-8-17(13-18)23(29)21-22(19-10-3-4-11-20(19)26)28(25(31)24(21)30)15-16-7-6-12-27-14-16/h3-14,22,29H,2,15H2,1H3/b23-21-. The number of rotatable bonds is 6. The van der Waals surface area contributed by atoms with Crippen LogP contribution in [-0.4, -0.2) is 33.3 Å². The van der Waals surface area contributed by atoms with Crippen molar-refractivity contribution in [3.05, 3.63) is 101 Å². The second kappa shape index (κ2) is 9.01. The second-order valence-electron chi connectivity index (χ2n) is 7.27. The lowest BCUT2D eigenvalue weighted by molar-refractivity contribution is -0.140. The maximum Gasteiger partial charge on any atom is 0.295 e. The minimum absolute atomic E-state index is 0.0349. The van der Waals surface area contributed by atoms with Crippen LogP contribution in [0.3, 0.4) is 0 Å². The summed E-state index contributed by atoms with van der Waals surface area (Å²) >= 11 is 0. The number of carbonyl (C=O) groups excluding carboxylic acids is 2. The number of hydrogen-bond acceptors (Lipinski definition) is 5. The first-order chi connectivity index (χ1) is 15.5. The number of aromatic nitrogens is 1. The quantitative estimate of drug-likeness (QED) is 0.358. The van der Waals surface area contributed by atoms with Gasteiger partial charge in [-0.15, -0.1) is 0 Å². The Kier molecular flexibility index (Phi) is 5.98. The molecule has 2 aromatic carbocycles. The van der Waals surface area contributed by atoms with Crippen LogP contribution in [0.2, 0.25) is 0 Å². The van der Waals surface area contributed by atoms with Gasteiger partial charge in [0.2, 0.25) is 0 Å². The lowest BCUT2D eigenvalue weighted by Gasteiger charge is -2.25. The molecule has 0 radical (unpaired) electrons. The van der Waals surface area contributed by atoms with Crippen LogP contribution in [0.15, 0.2) is 78.6 Å². The Morgan fingerprint density at radius 2 is 1.94 bits per heavy atom. The Labute approximate surface area is 184 Å². The number of hydrogen-bond donors (Lipinski definition) is 1. The van der Waals surface area contributed by atoms with Crippen LogP contribution in [0.1, 0.15) is 29.7 Å². The summed E-state index contributed by atoms with van der Waals surface area (Å²) in [5.41, 5.74) is 0.932. The highest BCUT2D eigenvalue weighted by atomic mass is 19.1. The molecule has 32 heavy (non-hydrogen) atoms. The summed E-state index contributed by atoms with van der Waals surface area (Å²) in [5.74, 6) is -2.15. The molecule has 7 heteroatoms. The molecule has 1 N–H and O–H groups in total. The average molecular weight is 432 g/mol. The normalized spacial score (nSPS) is 17.6. The number of ether oxygens (including phenoxy) is 1. The van der Waals surface area contributed by atoms with Crippen molar-refractivity contribution in [1.29, 1.82) is 0 Å². The Morgan fingerprint density at radius 3 is 2.66 bits per heavy atom. The van der Waals surface area contributed by atoms with Crippen LogP contribution in [0.4, 0.5) is 4.39 Å². The zero-order valence-corrected chi connectivity index (χ0v) is 17.4. The van der Waals surface area contributed by atoms with E-state index in [9.17, 15) is 19.1 Å². The summed E-state index contributed by atoms with van der Waals surface area (Å²) < 4.78 is 20.3. The van der Waals surface area contributed by atoms with Gasteiger partial charge in [0.1, 0.15) is 17.3 Å². The number of likely N-dealkylation sites (tertiary alicyclic amines) is 1. The van der Waals surface area contributed by atoms with Crippen molar-refractivity contribution >= 4 is 17.4 Å². The minimum atomic E-state index is -1.09. The fourth-order valence-corrected chi connectivity index (χ4v) is 3.81. The molecule has 1 amide bonds. The van der Waals surface area contributed by atoms with E-state index in [-0.39, 0.29) is 23.4 Å². The van der Waals surface area contributed by atoms with Crippen molar-refractivity contribution in [3.63, 3.8) is 0 Å². The van der Waals surface area contributed by atoms with Crippen molar-refractivity contribution < 1.29 is 23.8 Å². The summed E-state index contributed by atoms with van der Waals surface area (Å²) in [5, 5.41) is 11.1. The number of pyridine rings is 1. The molecule has 0 saturated carbocycles. The van der Waals surface area contributed by atoms with E-state index in [2.05, 4.69) is 4.98 Å². The molecule has 2 heterocycles. The second-order valence-corrected chi connectivity index (χ2v) is 7.27. The van der Waals surface area contributed by atoms with Crippen LogP contribution in [0.25, 0.3) is 5.76 Å². The Bertz CT molecular complexity index is 1190. The molecule has 1 atom stereocenters. The van der Waals surface area contributed by atoms with E-state index in [1.165, 1.54) is 23.1 Å². The van der Waals surface area contributed by atoms with Crippen LogP contribution < -0.4 is 4.74 Å². The number of halogens is 1. The fourth-order valence-electron chi connectivity index (χ4n) is 3.81. The monoisotopic (exact) mass is 432 g/mol. The number of nitrogens with zero attached hydrogens (tertiary/aromatic N) is 2. The molecule has 0 spiro atoms. The van der Waals surface area contributed by atoms with E-state index in [0.29, 0.717) is 23.5 Å². The lowest BCUT2D eigenvalue weighted by atomic mass is 9.94. The van der Waals surface area contributed by atoms with Crippen LogP contribution >= 0.6 is 0 Å². The first-order valence-corrected chi connectivity index (χ1v) is 10.2. The van der Waals surface area contributed by atoms with Crippen molar-refractivity contribution in [2.24, 2.45) is 0 Å². The van der Waals surface area contributed by atoms with Gasteiger partial charge in [0.15, 0.2) is 0 Å². The summed E-state index contributed by atoms with van der Waals surface area (Å²) in [4.78, 5) is 31.3. The molecule has 0 aliphatic carbocycles. The predicted molar refractivity (Wildman–Crippen MR) is 116 cm³/mol. The largest absolute Gasteiger partial charge is 0.507 e. The zero-order valence-electron chi connectivity index (χ0n) is 17.4. The average Bonchev–Trinajstić information content (AvgIpc) is 3.05. The van der Waals surface area contributed by atoms with E-state index in [4.69, 9.17) is 4.74 Å². The highest BCUT2D eigenvalue weighted by Crippen LogP contribution is 2.41. The molecule has 1 unspecified atom stereocenters. The molecular weight excluding hydrogens is 411 g/mol. The number of aliphatic hydroxyl groups is 1. The van der Waals surface area contributed by atoms with E-state index in [0.717, 1.165) is 0 Å². The van der Waals surface area contributed by atoms with Crippen LogP contribution in [0, 0.1) is 5.82 Å². The topological polar surface area (TPSA) is 79.7 Å². The Morgan fingerprint density at radius 1 is 1.12 bits per heavy atom. The van der Waals surface area contributed by atoms with E-state index in [1.807, 2.05) is 6.92 Å². The third kappa shape index (κ3) is 3.97. The van der Waals surface area contributed by atoms with Crippen LogP contribution in [0.5, 0.6) is 5.75 Å². The smallest absolute Gasteiger partial charge is 0.295 e. The number of aliphatic hydroxyl groups excluding tert-OH is 1. The summed E-state index contributed by atoms with van der Waals surface area (Å²) in [7, 11) is 0. The molecule has 162 valence electrons. The summed E-state index contributed by atoms with van der Waals surface area (Å²) in [6.07, 6.45) is 3.17. The van der Waals surface area contributed by atoms with Crippen LogP contribution in [-0.2, 0) is 16.1 Å². The van der Waals surface area contributed by atoms with Gasteiger partial charge in [-0.2, -0.15) is 0 Å². The van der Waals surface area contributed by atoms with E-state index >= 15 is 0 Å². The lowest BCUT2D eigenvalue weighted by Crippen LogP contribution is -2.29. The van der Waals surface area contributed by atoms with Crippen molar-refractivity contribution in [2.75, 3.05) is 6.61 Å². The number of amides is 1. The molecule has 3 aromatic rings. The van der Waals surface area contributed by atoms with E-state index < -0.39 is 23.5 Å². The molecule has 1 fully saturated rings. The molecule has 4 rings (SSSR count). The number of ketones is 1. The van der Waals surface area contributed by atoms with Gasteiger partial charge in [0.25, 0.3) is 11.7 Å². The van der Waals surface area contributed by atoms with Gasteiger partial charge in [-0.1, -0.05) is 36.4 Å². The van der Waals surface area contributed by atoms with Crippen molar-refractivity contribution in [3.8, 4) is 5.75 Å².